The van der Waals surface area contributed by atoms with Crippen LogP contribution in [0.2, 0.25) is 10.0 Å². The molecular weight excluding hydrogens is 223 g/mol. The summed E-state index contributed by atoms with van der Waals surface area (Å²) in [6.07, 6.45) is 1.60. The average molecular weight is 231 g/mol. The SMILES string of the molecule is C=Cc1cc(Cl)c(C(=O)OC)c(Cl)c1. The fraction of sp³-hybridized carbons (Fsp3) is 0.100. The number of methoxy groups -OCH3 is 1. The van der Waals surface area contributed by atoms with Crippen molar-refractivity contribution >= 4 is 35.2 Å². The first-order chi connectivity index (χ1) is 6.60. The predicted molar refractivity (Wildman–Crippen MR) is 57.9 cm³/mol. The molecule has 1 aromatic rings. The Kier molecular flexibility index (Phi) is 3.55. The lowest BCUT2D eigenvalue weighted by Gasteiger charge is -2.05. The smallest absolute Gasteiger partial charge is 0.340 e. The van der Waals surface area contributed by atoms with E-state index in [2.05, 4.69) is 11.3 Å². The van der Waals surface area contributed by atoms with E-state index in [4.69, 9.17) is 23.2 Å². The van der Waals surface area contributed by atoms with Gasteiger partial charge in [-0.3, -0.25) is 0 Å². The van der Waals surface area contributed by atoms with Crippen molar-refractivity contribution < 1.29 is 9.53 Å². The van der Waals surface area contributed by atoms with Gasteiger partial charge in [-0.2, -0.15) is 0 Å². The molecule has 0 aliphatic heterocycles. The van der Waals surface area contributed by atoms with Gasteiger partial charge in [-0.15, -0.1) is 0 Å². The number of halogens is 2. The first kappa shape index (κ1) is 11.1. The molecule has 0 aliphatic rings. The minimum absolute atomic E-state index is 0.182. The summed E-state index contributed by atoms with van der Waals surface area (Å²) in [5.41, 5.74) is 0.939. The van der Waals surface area contributed by atoms with Crippen molar-refractivity contribution in [3.63, 3.8) is 0 Å². The molecule has 14 heavy (non-hydrogen) atoms. The van der Waals surface area contributed by atoms with Gasteiger partial charge in [0, 0.05) is 0 Å². The van der Waals surface area contributed by atoms with E-state index in [-0.39, 0.29) is 15.6 Å². The summed E-state index contributed by atoms with van der Waals surface area (Å²) in [6.45, 7) is 3.57. The normalized spacial score (nSPS) is 9.64. The minimum Gasteiger partial charge on any atom is -0.465 e. The van der Waals surface area contributed by atoms with Gasteiger partial charge in [0.2, 0.25) is 0 Å². The molecule has 0 heterocycles. The largest absolute Gasteiger partial charge is 0.465 e. The maximum Gasteiger partial charge on any atom is 0.340 e. The number of rotatable bonds is 2. The molecule has 0 radical (unpaired) electrons. The van der Waals surface area contributed by atoms with Gasteiger partial charge >= 0.3 is 5.97 Å². The van der Waals surface area contributed by atoms with Crippen LogP contribution in [0.4, 0.5) is 0 Å². The van der Waals surface area contributed by atoms with E-state index < -0.39 is 5.97 Å². The third-order valence-electron chi connectivity index (χ3n) is 1.69. The molecule has 74 valence electrons. The summed E-state index contributed by atoms with van der Waals surface area (Å²) in [7, 11) is 1.27. The van der Waals surface area contributed by atoms with E-state index in [1.54, 1.807) is 18.2 Å². The third kappa shape index (κ3) is 2.08. The number of esters is 1. The van der Waals surface area contributed by atoms with Crippen LogP contribution in [-0.2, 0) is 4.74 Å². The molecule has 0 saturated heterocycles. The number of benzene rings is 1. The van der Waals surface area contributed by atoms with Crippen LogP contribution in [0.3, 0.4) is 0 Å². The van der Waals surface area contributed by atoms with E-state index in [0.29, 0.717) is 0 Å². The van der Waals surface area contributed by atoms with Gasteiger partial charge in [-0.25, -0.2) is 4.79 Å². The van der Waals surface area contributed by atoms with E-state index in [1.807, 2.05) is 0 Å². The van der Waals surface area contributed by atoms with Crippen LogP contribution < -0.4 is 0 Å². The number of carbonyl (C=O) groups is 1. The second-order valence-corrected chi connectivity index (χ2v) is 3.37. The van der Waals surface area contributed by atoms with Gasteiger partial charge in [0.05, 0.1) is 22.7 Å². The van der Waals surface area contributed by atoms with Gasteiger partial charge in [0.1, 0.15) is 0 Å². The highest BCUT2D eigenvalue weighted by Gasteiger charge is 2.15. The van der Waals surface area contributed by atoms with Gasteiger partial charge in [-0.05, 0) is 17.7 Å². The quantitative estimate of drug-likeness (QED) is 0.729. The second-order valence-electron chi connectivity index (χ2n) is 2.56. The van der Waals surface area contributed by atoms with Crippen LogP contribution in [0.25, 0.3) is 6.08 Å². The summed E-state index contributed by atoms with van der Waals surface area (Å²) >= 11 is 11.7. The molecule has 0 bridgehead atoms. The first-order valence-electron chi connectivity index (χ1n) is 3.80. The van der Waals surface area contributed by atoms with Gasteiger partial charge < -0.3 is 4.74 Å². The Bertz CT molecular complexity index is 363. The monoisotopic (exact) mass is 230 g/mol. The van der Waals surface area contributed by atoms with Gasteiger partial charge in [-0.1, -0.05) is 35.9 Å². The Balaban J connectivity index is 3.31. The second kappa shape index (κ2) is 4.49. The van der Waals surface area contributed by atoms with Crippen LogP contribution in [0.5, 0.6) is 0 Å². The Morgan fingerprint density at radius 3 is 2.29 bits per heavy atom. The van der Waals surface area contributed by atoms with Crippen molar-refractivity contribution in [3.05, 3.63) is 39.9 Å². The van der Waals surface area contributed by atoms with Crippen LogP contribution in [0.1, 0.15) is 15.9 Å². The summed E-state index contributed by atoms with van der Waals surface area (Å²) in [5.74, 6) is -0.546. The van der Waals surface area contributed by atoms with Crippen LogP contribution in [0, 0.1) is 0 Å². The van der Waals surface area contributed by atoms with Gasteiger partial charge in [0.15, 0.2) is 0 Å². The number of ether oxygens (including phenoxy) is 1. The molecule has 0 saturated carbocycles. The third-order valence-corrected chi connectivity index (χ3v) is 2.29. The Hall–Kier alpha value is -0.990. The summed E-state index contributed by atoms with van der Waals surface area (Å²) in [5, 5.41) is 0.526. The number of hydrogen-bond acceptors (Lipinski definition) is 2. The first-order valence-corrected chi connectivity index (χ1v) is 4.55. The van der Waals surface area contributed by atoms with Crippen LogP contribution in [-0.4, -0.2) is 13.1 Å². The summed E-state index contributed by atoms with van der Waals surface area (Å²) in [6, 6.07) is 3.21. The summed E-state index contributed by atoms with van der Waals surface area (Å²) in [4.78, 5) is 11.2. The zero-order chi connectivity index (χ0) is 10.7. The molecule has 0 fully saturated rings. The topological polar surface area (TPSA) is 26.3 Å². The zero-order valence-electron chi connectivity index (χ0n) is 7.51. The highest BCUT2D eigenvalue weighted by molar-refractivity contribution is 6.39. The van der Waals surface area contributed by atoms with E-state index >= 15 is 0 Å². The van der Waals surface area contributed by atoms with Gasteiger partial charge in [0.25, 0.3) is 0 Å². The number of hydrogen-bond donors (Lipinski definition) is 0. The van der Waals surface area contributed by atoms with Crippen molar-refractivity contribution in [2.45, 2.75) is 0 Å². The minimum atomic E-state index is -0.546. The molecule has 0 aromatic heterocycles. The summed E-state index contributed by atoms with van der Waals surface area (Å²) < 4.78 is 4.54. The molecule has 0 unspecified atom stereocenters. The van der Waals surface area contributed by atoms with Crippen molar-refractivity contribution in [2.75, 3.05) is 7.11 Å². The van der Waals surface area contributed by atoms with Crippen molar-refractivity contribution in [1.82, 2.24) is 0 Å². The Labute approximate surface area is 92.1 Å². The number of carbonyl (C=O) groups excluding carboxylic acids is 1. The van der Waals surface area contributed by atoms with Crippen molar-refractivity contribution in [2.24, 2.45) is 0 Å². The van der Waals surface area contributed by atoms with E-state index in [1.165, 1.54) is 7.11 Å². The highest BCUT2D eigenvalue weighted by atomic mass is 35.5. The van der Waals surface area contributed by atoms with Crippen LogP contribution >= 0.6 is 23.2 Å². The molecule has 0 atom stereocenters. The lowest BCUT2D eigenvalue weighted by molar-refractivity contribution is 0.0601. The zero-order valence-corrected chi connectivity index (χ0v) is 9.02. The molecule has 0 spiro atoms. The maximum absolute atomic E-state index is 11.2. The molecular formula is C10H8Cl2O2. The molecule has 1 rings (SSSR count). The van der Waals surface area contributed by atoms with Crippen LogP contribution in [0.15, 0.2) is 18.7 Å². The lowest BCUT2D eigenvalue weighted by atomic mass is 10.1. The highest BCUT2D eigenvalue weighted by Crippen LogP contribution is 2.27. The Morgan fingerprint density at radius 2 is 1.93 bits per heavy atom. The Morgan fingerprint density at radius 1 is 1.43 bits per heavy atom. The molecule has 0 N–H and O–H groups in total. The van der Waals surface area contributed by atoms with E-state index in [0.717, 1.165) is 5.56 Å². The lowest BCUT2D eigenvalue weighted by Crippen LogP contribution is -2.03. The standard InChI is InChI=1S/C10H8Cl2O2/c1-3-6-4-7(11)9(8(12)5-6)10(13)14-2/h3-5H,1H2,2H3. The predicted octanol–water partition coefficient (Wildman–Crippen LogP) is 3.42. The molecule has 1 aromatic carbocycles. The molecule has 0 aliphatic carbocycles. The fourth-order valence-electron chi connectivity index (χ4n) is 1.01. The van der Waals surface area contributed by atoms with Crippen molar-refractivity contribution in [1.29, 1.82) is 0 Å². The molecule has 4 heteroatoms. The maximum atomic E-state index is 11.2. The molecule has 2 nitrogen and oxygen atoms in total. The van der Waals surface area contributed by atoms with Crippen molar-refractivity contribution in [3.8, 4) is 0 Å². The average Bonchev–Trinajstić information content (AvgIpc) is 2.16. The molecule has 0 amide bonds. The fourth-order valence-corrected chi connectivity index (χ4v) is 1.67. The van der Waals surface area contributed by atoms with E-state index in [9.17, 15) is 4.79 Å².